The molecule has 1 unspecified atom stereocenters. The van der Waals surface area contributed by atoms with Gasteiger partial charge in [0.05, 0.1) is 10.8 Å². The minimum absolute atomic E-state index is 0.0299. The van der Waals surface area contributed by atoms with Crippen LogP contribution in [0.4, 0.5) is 0 Å². The second kappa shape index (κ2) is 7.75. The molecule has 0 aromatic heterocycles. The van der Waals surface area contributed by atoms with E-state index in [2.05, 4.69) is 10.0 Å². The first-order valence-electron chi connectivity index (χ1n) is 8.65. The highest BCUT2D eigenvalue weighted by Crippen LogP contribution is 2.25. The molecule has 1 aromatic carbocycles. The van der Waals surface area contributed by atoms with E-state index >= 15 is 0 Å². The third-order valence-electron chi connectivity index (χ3n) is 4.35. The maximum atomic E-state index is 12.2. The molecular weight excluding hydrogens is 354 g/mol. The van der Waals surface area contributed by atoms with Crippen LogP contribution in [-0.2, 0) is 19.6 Å². The topological polar surface area (TPSA) is 95.6 Å². The van der Waals surface area contributed by atoms with E-state index in [1.54, 1.807) is 29.2 Å². The maximum Gasteiger partial charge on any atom is 0.240 e. The summed E-state index contributed by atoms with van der Waals surface area (Å²) in [5.74, 6) is -0.646. The van der Waals surface area contributed by atoms with E-state index in [0.29, 0.717) is 6.54 Å². The van der Waals surface area contributed by atoms with Gasteiger partial charge in [0.15, 0.2) is 0 Å². The van der Waals surface area contributed by atoms with Crippen LogP contribution in [0.3, 0.4) is 0 Å². The Morgan fingerprint density at radius 1 is 1.19 bits per heavy atom. The van der Waals surface area contributed by atoms with Gasteiger partial charge < -0.3 is 10.2 Å². The summed E-state index contributed by atoms with van der Waals surface area (Å²) in [5.41, 5.74) is 0.669. The second-order valence-electron chi connectivity index (χ2n) is 7.58. The lowest BCUT2D eigenvalue weighted by molar-refractivity contribution is -0.132. The molecule has 2 rings (SSSR count). The molecular formula is C18H27N3O4S. The molecule has 2 amide bonds. The van der Waals surface area contributed by atoms with Crippen LogP contribution in [0.5, 0.6) is 0 Å². The first-order chi connectivity index (χ1) is 12.0. The standard InChI is InChI=1S/C18H27N3O4S/c1-13-5-7-15(8-6-13)26(24,25)20-10-9-19-17(23)14-11-16(22)21(12-14)18(2,3)4/h5-8,14,20H,9-12H2,1-4H3,(H,19,23). The third-order valence-corrected chi connectivity index (χ3v) is 5.83. The molecule has 144 valence electrons. The van der Waals surface area contributed by atoms with E-state index in [-0.39, 0.29) is 41.8 Å². The summed E-state index contributed by atoms with van der Waals surface area (Å²) in [6.07, 6.45) is 0.193. The van der Waals surface area contributed by atoms with E-state index in [9.17, 15) is 18.0 Å². The highest BCUT2D eigenvalue weighted by Gasteiger charge is 2.39. The number of hydrogen-bond acceptors (Lipinski definition) is 4. The molecule has 0 aliphatic carbocycles. The van der Waals surface area contributed by atoms with Crippen molar-refractivity contribution in [1.29, 1.82) is 0 Å². The van der Waals surface area contributed by atoms with Crippen LogP contribution in [-0.4, -0.2) is 50.3 Å². The zero-order valence-corrected chi connectivity index (χ0v) is 16.5. The summed E-state index contributed by atoms with van der Waals surface area (Å²) < 4.78 is 26.8. The second-order valence-corrected chi connectivity index (χ2v) is 9.35. The van der Waals surface area contributed by atoms with Gasteiger partial charge in [-0.25, -0.2) is 13.1 Å². The van der Waals surface area contributed by atoms with Gasteiger partial charge >= 0.3 is 0 Å². The molecule has 0 bridgehead atoms. The molecule has 0 saturated carbocycles. The molecule has 8 heteroatoms. The van der Waals surface area contributed by atoms with Crippen molar-refractivity contribution in [1.82, 2.24) is 14.9 Å². The zero-order valence-electron chi connectivity index (χ0n) is 15.7. The van der Waals surface area contributed by atoms with Gasteiger partial charge in [0.1, 0.15) is 0 Å². The van der Waals surface area contributed by atoms with Crippen LogP contribution >= 0.6 is 0 Å². The number of nitrogens with one attached hydrogen (secondary N) is 2. The van der Waals surface area contributed by atoms with Gasteiger partial charge in [-0.3, -0.25) is 9.59 Å². The van der Waals surface area contributed by atoms with Gasteiger partial charge in [0.2, 0.25) is 21.8 Å². The first kappa shape index (κ1) is 20.4. The molecule has 0 radical (unpaired) electrons. The highest BCUT2D eigenvalue weighted by atomic mass is 32.2. The predicted octanol–water partition coefficient (Wildman–Crippen LogP) is 1.04. The quantitative estimate of drug-likeness (QED) is 0.720. The molecule has 1 atom stereocenters. The normalized spacial score (nSPS) is 18.2. The lowest BCUT2D eigenvalue weighted by atomic mass is 10.1. The SMILES string of the molecule is Cc1ccc(S(=O)(=O)NCCNC(=O)C2CC(=O)N(C(C)(C)C)C2)cc1. The summed E-state index contributed by atoms with van der Waals surface area (Å²) in [5, 5.41) is 2.71. The van der Waals surface area contributed by atoms with Crippen LogP contribution in [0.1, 0.15) is 32.8 Å². The molecule has 1 aliphatic heterocycles. The van der Waals surface area contributed by atoms with Crippen molar-refractivity contribution in [2.75, 3.05) is 19.6 Å². The smallest absolute Gasteiger partial charge is 0.240 e. The number of nitrogens with zero attached hydrogens (tertiary/aromatic N) is 1. The number of benzene rings is 1. The Bertz CT molecular complexity index is 767. The van der Waals surface area contributed by atoms with Crippen molar-refractivity contribution < 1.29 is 18.0 Å². The minimum Gasteiger partial charge on any atom is -0.354 e. The average molecular weight is 381 g/mol. The molecule has 1 aliphatic rings. The summed E-state index contributed by atoms with van der Waals surface area (Å²) in [6, 6.07) is 6.55. The van der Waals surface area contributed by atoms with Gasteiger partial charge in [-0.15, -0.1) is 0 Å². The van der Waals surface area contributed by atoms with Crippen LogP contribution in [0.15, 0.2) is 29.2 Å². The Labute approximate surface area is 155 Å². The average Bonchev–Trinajstić information content (AvgIpc) is 2.94. The Morgan fingerprint density at radius 2 is 1.81 bits per heavy atom. The van der Waals surface area contributed by atoms with Crippen molar-refractivity contribution in [3.63, 3.8) is 0 Å². The summed E-state index contributed by atoms with van der Waals surface area (Å²) in [7, 11) is -3.59. The lowest BCUT2D eigenvalue weighted by Crippen LogP contribution is -2.43. The van der Waals surface area contributed by atoms with Gasteiger partial charge in [0, 0.05) is 31.6 Å². The maximum absolute atomic E-state index is 12.2. The monoisotopic (exact) mass is 381 g/mol. The summed E-state index contributed by atoms with van der Waals surface area (Å²) in [6.45, 7) is 8.34. The van der Waals surface area contributed by atoms with E-state index in [0.717, 1.165) is 5.56 Å². The third kappa shape index (κ3) is 5.04. The van der Waals surface area contributed by atoms with E-state index in [4.69, 9.17) is 0 Å². The molecule has 2 N–H and O–H groups in total. The van der Waals surface area contributed by atoms with Gasteiger partial charge in [-0.2, -0.15) is 0 Å². The van der Waals surface area contributed by atoms with E-state index in [1.165, 1.54) is 0 Å². The fraction of sp³-hybridized carbons (Fsp3) is 0.556. The van der Waals surface area contributed by atoms with Crippen LogP contribution < -0.4 is 10.0 Å². The largest absolute Gasteiger partial charge is 0.354 e. The van der Waals surface area contributed by atoms with Gasteiger partial charge in [-0.05, 0) is 39.8 Å². The van der Waals surface area contributed by atoms with E-state index in [1.807, 2.05) is 27.7 Å². The number of amides is 2. The van der Waals surface area contributed by atoms with Crippen molar-refractivity contribution in [2.24, 2.45) is 5.92 Å². The van der Waals surface area contributed by atoms with Gasteiger partial charge in [0.25, 0.3) is 0 Å². The Kier molecular flexibility index (Phi) is 6.08. The van der Waals surface area contributed by atoms with Crippen molar-refractivity contribution >= 4 is 21.8 Å². The van der Waals surface area contributed by atoms with Crippen molar-refractivity contribution in [2.45, 2.75) is 44.6 Å². The lowest BCUT2D eigenvalue weighted by Gasteiger charge is -2.31. The Balaban J connectivity index is 1.80. The molecule has 1 fully saturated rings. The molecule has 26 heavy (non-hydrogen) atoms. The molecule has 1 saturated heterocycles. The Morgan fingerprint density at radius 3 is 2.35 bits per heavy atom. The Hall–Kier alpha value is -1.93. The van der Waals surface area contributed by atoms with Crippen LogP contribution in [0.25, 0.3) is 0 Å². The fourth-order valence-corrected chi connectivity index (χ4v) is 3.88. The predicted molar refractivity (Wildman–Crippen MR) is 99.0 cm³/mol. The highest BCUT2D eigenvalue weighted by molar-refractivity contribution is 7.89. The molecule has 7 nitrogen and oxygen atoms in total. The van der Waals surface area contributed by atoms with E-state index < -0.39 is 15.9 Å². The van der Waals surface area contributed by atoms with Crippen molar-refractivity contribution in [3.05, 3.63) is 29.8 Å². The number of aryl methyl sites for hydroxylation is 1. The fourth-order valence-electron chi connectivity index (χ4n) is 2.85. The van der Waals surface area contributed by atoms with Crippen molar-refractivity contribution in [3.8, 4) is 0 Å². The van der Waals surface area contributed by atoms with Gasteiger partial charge in [-0.1, -0.05) is 17.7 Å². The minimum atomic E-state index is -3.59. The number of sulfonamides is 1. The first-order valence-corrected chi connectivity index (χ1v) is 10.1. The van der Waals surface area contributed by atoms with Crippen LogP contribution in [0, 0.1) is 12.8 Å². The number of hydrogen-bond donors (Lipinski definition) is 2. The van der Waals surface area contributed by atoms with Crippen LogP contribution in [0.2, 0.25) is 0 Å². The number of likely N-dealkylation sites (tertiary alicyclic amines) is 1. The molecule has 1 heterocycles. The number of rotatable bonds is 6. The summed E-state index contributed by atoms with van der Waals surface area (Å²) in [4.78, 5) is 26.2. The number of carbonyl (C=O) groups is 2. The zero-order chi connectivity index (χ0) is 19.5. The summed E-state index contributed by atoms with van der Waals surface area (Å²) >= 11 is 0. The number of carbonyl (C=O) groups excluding carboxylic acids is 2. The molecule has 0 spiro atoms. The molecule has 1 aromatic rings.